The van der Waals surface area contributed by atoms with Crippen LogP contribution in [0.5, 0.6) is 0 Å². The Morgan fingerprint density at radius 3 is 3.08 bits per heavy atom. The summed E-state index contributed by atoms with van der Waals surface area (Å²) in [6, 6.07) is 0. The second kappa shape index (κ2) is 3.01. The van der Waals surface area contributed by atoms with Crippen LogP contribution in [0.4, 0.5) is 0 Å². The number of nitrogens with zero attached hydrogens (tertiary/aromatic N) is 1. The Morgan fingerprint density at radius 2 is 2.31 bits per heavy atom. The molecule has 1 atom stereocenters. The predicted molar refractivity (Wildman–Crippen MR) is 49.3 cm³/mol. The van der Waals surface area contributed by atoms with Gasteiger partial charge in [0.1, 0.15) is 5.76 Å². The van der Waals surface area contributed by atoms with Crippen LogP contribution in [0.2, 0.25) is 0 Å². The van der Waals surface area contributed by atoms with Crippen LogP contribution >= 0.6 is 0 Å². The number of amides is 1. The van der Waals surface area contributed by atoms with E-state index in [-0.39, 0.29) is 11.8 Å². The normalized spacial score (nSPS) is 25.0. The molecular formula is C10H9NO2. The van der Waals surface area contributed by atoms with Crippen molar-refractivity contribution in [2.45, 2.75) is 0 Å². The highest BCUT2D eigenvalue weighted by molar-refractivity contribution is 5.99. The lowest BCUT2D eigenvalue weighted by Crippen LogP contribution is -2.12. The number of carbonyl (C=O) groups excluding carboxylic acids is 1. The molecule has 0 aromatic heterocycles. The average Bonchev–Trinajstić information content (AvgIpc) is 2.16. The van der Waals surface area contributed by atoms with Gasteiger partial charge in [-0.05, 0) is 17.7 Å². The number of hydrogen-bond acceptors (Lipinski definition) is 2. The van der Waals surface area contributed by atoms with E-state index in [0.29, 0.717) is 0 Å². The fourth-order valence-electron chi connectivity index (χ4n) is 1.35. The van der Waals surface area contributed by atoms with E-state index in [1.54, 1.807) is 13.3 Å². The number of rotatable bonds is 1. The van der Waals surface area contributed by atoms with Crippen molar-refractivity contribution in [3.63, 3.8) is 0 Å². The Labute approximate surface area is 76.1 Å². The first-order valence-corrected chi connectivity index (χ1v) is 4.03. The van der Waals surface area contributed by atoms with Gasteiger partial charge >= 0.3 is 0 Å². The number of dihydropyridines is 1. The summed E-state index contributed by atoms with van der Waals surface area (Å²) in [4.78, 5) is 14.6. The monoisotopic (exact) mass is 175 g/mol. The summed E-state index contributed by atoms with van der Waals surface area (Å²) in [5, 5.41) is 0. The largest absolute Gasteiger partial charge is 0.497 e. The minimum Gasteiger partial charge on any atom is -0.497 e. The van der Waals surface area contributed by atoms with Crippen molar-refractivity contribution in [3.8, 4) is 0 Å². The van der Waals surface area contributed by atoms with Crippen LogP contribution in [0.1, 0.15) is 0 Å². The third-order valence-corrected chi connectivity index (χ3v) is 2.05. The van der Waals surface area contributed by atoms with Crippen LogP contribution in [0.3, 0.4) is 0 Å². The minimum atomic E-state index is -0.201. The van der Waals surface area contributed by atoms with Gasteiger partial charge in [0.25, 0.3) is 5.91 Å². The van der Waals surface area contributed by atoms with Gasteiger partial charge < -0.3 is 4.74 Å². The van der Waals surface area contributed by atoms with Crippen molar-refractivity contribution < 1.29 is 9.53 Å². The van der Waals surface area contributed by atoms with Gasteiger partial charge in [-0.2, -0.15) is 0 Å². The molecule has 0 saturated heterocycles. The number of fused-ring (bicyclic) bond motifs is 1. The maximum absolute atomic E-state index is 10.9. The number of methoxy groups -OCH3 is 1. The van der Waals surface area contributed by atoms with E-state index in [1.807, 2.05) is 18.2 Å². The van der Waals surface area contributed by atoms with Crippen LogP contribution in [-0.2, 0) is 9.53 Å². The Bertz CT molecular complexity index is 361. The molecule has 0 saturated carbocycles. The van der Waals surface area contributed by atoms with Gasteiger partial charge in [-0.25, -0.2) is 4.99 Å². The molecule has 1 aliphatic carbocycles. The molecule has 2 aliphatic rings. The summed E-state index contributed by atoms with van der Waals surface area (Å²) in [6.45, 7) is 0. The van der Waals surface area contributed by atoms with Gasteiger partial charge in [0.05, 0.1) is 7.11 Å². The SMILES string of the molecule is COC1=CC2=CC(=O)N=CC2C=C1. The molecular weight excluding hydrogens is 166 g/mol. The Kier molecular flexibility index (Phi) is 1.85. The molecule has 1 unspecified atom stereocenters. The van der Waals surface area contributed by atoms with Gasteiger partial charge in [-0.3, -0.25) is 4.79 Å². The summed E-state index contributed by atoms with van der Waals surface area (Å²) < 4.78 is 5.05. The average molecular weight is 175 g/mol. The molecule has 1 amide bonds. The van der Waals surface area contributed by atoms with Crippen LogP contribution in [0.15, 0.2) is 40.6 Å². The van der Waals surface area contributed by atoms with Gasteiger partial charge in [-0.15, -0.1) is 0 Å². The van der Waals surface area contributed by atoms with E-state index in [2.05, 4.69) is 4.99 Å². The lowest BCUT2D eigenvalue weighted by molar-refractivity contribution is -0.113. The second-order valence-corrected chi connectivity index (χ2v) is 2.90. The quantitative estimate of drug-likeness (QED) is 0.601. The van der Waals surface area contributed by atoms with Crippen molar-refractivity contribution in [1.29, 1.82) is 0 Å². The highest BCUT2D eigenvalue weighted by Crippen LogP contribution is 2.23. The highest BCUT2D eigenvalue weighted by Gasteiger charge is 2.17. The molecule has 13 heavy (non-hydrogen) atoms. The van der Waals surface area contributed by atoms with Crippen molar-refractivity contribution in [1.82, 2.24) is 0 Å². The summed E-state index contributed by atoms with van der Waals surface area (Å²) in [5.41, 5.74) is 0.944. The number of ether oxygens (including phenoxy) is 1. The van der Waals surface area contributed by atoms with Gasteiger partial charge in [0.15, 0.2) is 0 Å². The van der Waals surface area contributed by atoms with Crippen LogP contribution in [0, 0.1) is 5.92 Å². The number of hydrogen-bond donors (Lipinski definition) is 0. The van der Waals surface area contributed by atoms with E-state index < -0.39 is 0 Å². The first-order valence-electron chi connectivity index (χ1n) is 4.03. The summed E-state index contributed by atoms with van der Waals surface area (Å²) in [6.07, 6.45) is 8.88. The lowest BCUT2D eigenvalue weighted by atomic mass is 9.93. The van der Waals surface area contributed by atoms with Crippen molar-refractivity contribution in [2.24, 2.45) is 10.9 Å². The second-order valence-electron chi connectivity index (χ2n) is 2.90. The third kappa shape index (κ3) is 1.45. The Hall–Kier alpha value is -1.64. The molecule has 0 aromatic carbocycles. The number of carbonyl (C=O) groups is 1. The summed E-state index contributed by atoms with van der Waals surface area (Å²) >= 11 is 0. The first kappa shape index (κ1) is 7.98. The predicted octanol–water partition coefficient (Wildman–Crippen LogP) is 1.24. The summed E-state index contributed by atoms with van der Waals surface area (Å²) in [5.74, 6) is 0.704. The van der Waals surface area contributed by atoms with Gasteiger partial charge in [-0.1, -0.05) is 6.08 Å². The van der Waals surface area contributed by atoms with E-state index in [0.717, 1.165) is 11.3 Å². The maximum atomic E-state index is 10.9. The van der Waals surface area contributed by atoms with Crippen molar-refractivity contribution >= 4 is 12.1 Å². The molecule has 0 radical (unpaired) electrons. The van der Waals surface area contributed by atoms with Crippen molar-refractivity contribution in [3.05, 3.63) is 35.6 Å². The molecule has 0 N–H and O–H groups in total. The molecule has 3 heteroatoms. The molecule has 1 heterocycles. The standard InChI is InChI=1S/C10H9NO2/c1-13-9-3-2-7-6-11-10(12)5-8(7)4-9/h2-7H,1H3. The smallest absolute Gasteiger partial charge is 0.269 e. The molecule has 2 rings (SSSR count). The zero-order chi connectivity index (χ0) is 9.26. The first-order chi connectivity index (χ1) is 6.29. The van der Waals surface area contributed by atoms with Crippen LogP contribution < -0.4 is 0 Å². The van der Waals surface area contributed by atoms with E-state index in [1.165, 1.54) is 6.08 Å². The fourth-order valence-corrected chi connectivity index (χ4v) is 1.35. The molecule has 0 bridgehead atoms. The van der Waals surface area contributed by atoms with E-state index in [9.17, 15) is 4.79 Å². The lowest BCUT2D eigenvalue weighted by Gasteiger charge is -2.17. The third-order valence-electron chi connectivity index (χ3n) is 2.05. The number of allylic oxidation sites excluding steroid dienone is 4. The summed E-state index contributed by atoms with van der Waals surface area (Å²) in [7, 11) is 1.61. The van der Waals surface area contributed by atoms with Gasteiger partial charge in [0.2, 0.25) is 0 Å². The maximum Gasteiger partial charge on any atom is 0.269 e. The number of aliphatic imine (C=N–C) groups is 1. The van der Waals surface area contributed by atoms with Crippen LogP contribution in [0.25, 0.3) is 0 Å². The van der Waals surface area contributed by atoms with Crippen LogP contribution in [-0.4, -0.2) is 19.2 Å². The Morgan fingerprint density at radius 1 is 1.46 bits per heavy atom. The molecule has 0 aromatic rings. The van der Waals surface area contributed by atoms with E-state index in [4.69, 9.17) is 4.74 Å². The zero-order valence-electron chi connectivity index (χ0n) is 7.23. The molecule has 1 aliphatic heterocycles. The van der Waals surface area contributed by atoms with Gasteiger partial charge in [0, 0.05) is 18.2 Å². The Balaban J connectivity index is 2.33. The molecule has 66 valence electrons. The molecule has 0 spiro atoms. The molecule has 0 fully saturated rings. The topological polar surface area (TPSA) is 38.7 Å². The highest BCUT2D eigenvalue weighted by atomic mass is 16.5. The minimum absolute atomic E-state index is 0.136. The zero-order valence-corrected chi connectivity index (χ0v) is 7.23. The molecule has 3 nitrogen and oxygen atoms in total. The van der Waals surface area contributed by atoms with E-state index >= 15 is 0 Å². The van der Waals surface area contributed by atoms with Crippen molar-refractivity contribution in [2.75, 3.05) is 7.11 Å². The fraction of sp³-hybridized carbons (Fsp3) is 0.200.